The largest absolute Gasteiger partial charge is 0.335 e. The molecule has 1 saturated heterocycles. The van der Waals surface area contributed by atoms with E-state index in [9.17, 15) is 4.79 Å². The van der Waals surface area contributed by atoms with Crippen molar-refractivity contribution < 1.29 is 4.79 Å². The summed E-state index contributed by atoms with van der Waals surface area (Å²) in [6.07, 6.45) is 4.43. The maximum atomic E-state index is 11.5. The van der Waals surface area contributed by atoms with Crippen LogP contribution in [0.3, 0.4) is 0 Å². The standard InChI is InChI=1S/C11H21N3O/c1-8-7-10(5-6-14(8)2)13-11(15)12-9-3-4-9/h8-10H,3-7H2,1-2H3,(H2,12,13,15). The van der Waals surface area contributed by atoms with E-state index in [2.05, 4.69) is 29.5 Å². The molecule has 1 aliphatic carbocycles. The molecule has 1 aliphatic heterocycles. The van der Waals surface area contributed by atoms with E-state index in [1.165, 1.54) is 0 Å². The lowest BCUT2D eigenvalue weighted by molar-refractivity contribution is 0.167. The van der Waals surface area contributed by atoms with Gasteiger partial charge in [0.15, 0.2) is 0 Å². The monoisotopic (exact) mass is 211 g/mol. The van der Waals surface area contributed by atoms with Crippen LogP contribution in [0.2, 0.25) is 0 Å². The Morgan fingerprint density at radius 3 is 2.47 bits per heavy atom. The topological polar surface area (TPSA) is 44.4 Å². The first-order valence-corrected chi connectivity index (χ1v) is 5.92. The van der Waals surface area contributed by atoms with E-state index in [4.69, 9.17) is 0 Å². The fourth-order valence-corrected chi connectivity index (χ4v) is 2.06. The molecule has 0 aromatic carbocycles. The second-order valence-corrected chi connectivity index (χ2v) is 4.94. The Labute approximate surface area is 91.4 Å². The van der Waals surface area contributed by atoms with Crippen molar-refractivity contribution >= 4 is 6.03 Å². The average molecular weight is 211 g/mol. The zero-order valence-electron chi connectivity index (χ0n) is 9.62. The third kappa shape index (κ3) is 3.09. The van der Waals surface area contributed by atoms with Gasteiger partial charge in [-0.25, -0.2) is 4.79 Å². The van der Waals surface area contributed by atoms with Gasteiger partial charge >= 0.3 is 6.03 Å². The molecule has 2 aliphatic rings. The van der Waals surface area contributed by atoms with Crippen molar-refractivity contribution in [3.05, 3.63) is 0 Å². The van der Waals surface area contributed by atoms with Gasteiger partial charge in [0, 0.05) is 24.7 Å². The highest BCUT2D eigenvalue weighted by molar-refractivity contribution is 5.74. The van der Waals surface area contributed by atoms with Gasteiger partial charge < -0.3 is 15.5 Å². The van der Waals surface area contributed by atoms with E-state index in [-0.39, 0.29) is 6.03 Å². The molecule has 86 valence electrons. The molecule has 2 amide bonds. The van der Waals surface area contributed by atoms with Crippen LogP contribution in [-0.2, 0) is 0 Å². The molecule has 1 heterocycles. The molecule has 2 N–H and O–H groups in total. The predicted octanol–water partition coefficient (Wildman–Crippen LogP) is 0.931. The summed E-state index contributed by atoms with van der Waals surface area (Å²) in [5.41, 5.74) is 0. The Morgan fingerprint density at radius 1 is 1.20 bits per heavy atom. The van der Waals surface area contributed by atoms with Crippen LogP contribution in [-0.4, -0.2) is 42.6 Å². The number of carbonyl (C=O) groups is 1. The zero-order chi connectivity index (χ0) is 10.8. The van der Waals surface area contributed by atoms with E-state index in [1.54, 1.807) is 0 Å². The Hall–Kier alpha value is -0.770. The second-order valence-electron chi connectivity index (χ2n) is 4.94. The first kappa shape index (κ1) is 10.7. The van der Waals surface area contributed by atoms with Crippen molar-refractivity contribution in [1.82, 2.24) is 15.5 Å². The summed E-state index contributed by atoms with van der Waals surface area (Å²) >= 11 is 0. The second kappa shape index (κ2) is 4.39. The smallest absolute Gasteiger partial charge is 0.315 e. The molecular weight excluding hydrogens is 190 g/mol. The van der Waals surface area contributed by atoms with Crippen LogP contribution >= 0.6 is 0 Å². The molecule has 0 radical (unpaired) electrons. The highest BCUT2D eigenvalue weighted by Gasteiger charge is 2.27. The molecule has 2 fully saturated rings. The number of nitrogens with one attached hydrogen (secondary N) is 2. The third-order valence-corrected chi connectivity index (χ3v) is 3.46. The molecule has 2 rings (SSSR count). The highest BCUT2D eigenvalue weighted by Crippen LogP contribution is 2.19. The number of hydrogen-bond donors (Lipinski definition) is 2. The molecule has 4 nitrogen and oxygen atoms in total. The molecule has 2 unspecified atom stereocenters. The highest BCUT2D eigenvalue weighted by atomic mass is 16.2. The van der Waals surface area contributed by atoms with E-state index < -0.39 is 0 Å². The van der Waals surface area contributed by atoms with Crippen molar-refractivity contribution in [3.63, 3.8) is 0 Å². The van der Waals surface area contributed by atoms with Gasteiger partial charge in [0.05, 0.1) is 0 Å². The van der Waals surface area contributed by atoms with Crippen LogP contribution in [0.5, 0.6) is 0 Å². The zero-order valence-corrected chi connectivity index (χ0v) is 9.62. The van der Waals surface area contributed by atoms with Gasteiger partial charge in [-0.05, 0) is 39.7 Å². The van der Waals surface area contributed by atoms with Gasteiger partial charge in [0.2, 0.25) is 0 Å². The minimum atomic E-state index is 0.0271. The lowest BCUT2D eigenvalue weighted by atomic mass is 9.99. The quantitative estimate of drug-likeness (QED) is 0.713. The Bertz CT molecular complexity index is 240. The normalized spacial score (nSPS) is 32.4. The van der Waals surface area contributed by atoms with Crippen molar-refractivity contribution in [2.75, 3.05) is 13.6 Å². The number of nitrogens with zero attached hydrogens (tertiary/aromatic N) is 1. The van der Waals surface area contributed by atoms with Gasteiger partial charge in [0.25, 0.3) is 0 Å². The molecule has 15 heavy (non-hydrogen) atoms. The SMILES string of the molecule is CC1CC(NC(=O)NC2CC2)CCN1C. The lowest BCUT2D eigenvalue weighted by Gasteiger charge is -2.35. The Morgan fingerprint density at radius 2 is 1.87 bits per heavy atom. The van der Waals surface area contributed by atoms with Crippen molar-refractivity contribution in [1.29, 1.82) is 0 Å². The van der Waals surface area contributed by atoms with Crippen molar-refractivity contribution in [2.24, 2.45) is 0 Å². The Kier molecular flexibility index (Phi) is 3.14. The average Bonchev–Trinajstić information content (AvgIpc) is 2.95. The minimum Gasteiger partial charge on any atom is -0.335 e. The van der Waals surface area contributed by atoms with Crippen LogP contribution in [0.25, 0.3) is 0 Å². The van der Waals surface area contributed by atoms with E-state index in [0.717, 1.165) is 32.2 Å². The maximum absolute atomic E-state index is 11.5. The van der Waals surface area contributed by atoms with Crippen LogP contribution in [0.4, 0.5) is 4.79 Å². The van der Waals surface area contributed by atoms with E-state index in [0.29, 0.717) is 18.1 Å². The number of rotatable bonds is 2. The number of urea groups is 1. The molecule has 0 aromatic heterocycles. The number of hydrogen-bond acceptors (Lipinski definition) is 2. The minimum absolute atomic E-state index is 0.0271. The summed E-state index contributed by atoms with van der Waals surface area (Å²) in [4.78, 5) is 13.9. The summed E-state index contributed by atoms with van der Waals surface area (Å²) in [5.74, 6) is 0. The fourth-order valence-electron chi connectivity index (χ4n) is 2.06. The number of amides is 2. The number of carbonyl (C=O) groups excluding carboxylic acids is 1. The van der Waals surface area contributed by atoms with Gasteiger partial charge in [-0.2, -0.15) is 0 Å². The first-order valence-electron chi connectivity index (χ1n) is 5.92. The molecule has 1 saturated carbocycles. The third-order valence-electron chi connectivity index (χ3n) is 3.46. The van der Waals surface area contributed by atoms with Crippen LogP contribution < -0.4 is 10.6 Å². The molecule has 4 heteroatoms. The number of likely N-dealkylation sites (tertiary alicyclic amines) is 1. The summed E-state index contributed by atoms with van der Waals surface area (Å²) < 4.78 is 0. The van der Waals surface area contributed by atoms with Gasteiger partial charge in [0.1, 0.15) is 0 Å². The molecule has 0 bridgehead atoms. The van der Waals surface area contributed by atoms with Gasteiger partial charge in [-0.3, -0.25) is 0 Å². The fraction of sp³-hybridized carbons (Fsp3) is 0.909. The first-order chi connectivity index (χ1) is 7.15. The lowest BCUT2D eigenvalue weighted by Crippen LogP contribution is -2.50. The summed E-state index contributed by atoms with van der Waals surface area (Å²) in [6, 6.07) is 1.41. The van der Waals surface area contributed by atoms with Crippen LogP contribution in [0, 0.1) is 0 Å². The molecule has 0 spiro atoms. The van der Waals surface area contributed by atoms with Crippen molar-refractivity contribution in [2.45, 2.75) is 50.7 Å². The summed E-state index contributed by atoms with van der Waals surface area (Å²) in [6.45, 7) is 3.29. The van der Waals surface area contributed by atoms with E-state index >= 15 is 0 Å². The molecular formula is C11H21N3O. The number of piperidine rings is 1. The predicted molar refractivity (Wildman–Crippen MR) is 59.8 cm³/mol. The van der Waals surface area contributed by atoms with Gasteiger partial charge in [-0.15, -0.1) is 0 Å². The summed E-state index contributed by atoms with van der Waals surface area (Å²) in [5, 5.41) is 6.03. The molecule has 0 aromatic rings. The van der Waals surface area contributed by atoms with Crippen LogP contribution in [0.1, 0.15) is 32.6 Å². The molecule has 2 atom stereocenters. The van der Waals surface area contributed by atoms with E-state index in [1.807, 2.05) is 0 Å². The summed E-state index contributed by atoms with van der Waals surface area (Å²) in [7, 11) is 2.14. The maximum Gasteiger partial charge on any atom is 0.315 e. The Balaban J connectivity index is 1.71. The van der Waals surface area contributed by atoms with Gasteiger partial charge in [-0.1, -0.05) is 0 Å². The van der Waals surface area contributed by atoms with Crippen molar-refractivity contribution in [3.8, 4) is 0 Å². The van der Waals surface area contributed by atoms with Crippen LogP contribution in [0.15, 0.2) is 0 Å².